The molecular weight excluding hydrogens is 220 g/mol. The molecule has 0 aliphatic heterocycles. The highest BCUT2D eigenvalue weighted by molar-refractivity contribution is 6.30. The maximum atomic E-state index is 6.04. The number of benzene rings is 1. The van der Waals surface area contributed by atoms with E-state index in [9.17, 15) is 0 Å². The van der Waals surface area contributed by atoms with Gasteiger partial charge in [0, 0.05) is 11.3 Å². The van der Waals surface area contributed by atoms with E-state index in [1.54, 1.807) is 0 Å². The minimum atomic E-state index is 0.573. The van der Waals surface area contributed by atoms with E-state index in [1.165, 1.54) is 11.9 Å². The topological polar surface area (TPSA) is 25.8 Å². The molecule has 0 fully saturated rings. The van der Waals surface area contributed by atoms with E-state index in [0.717, 1.165) is 24.1 Å². The molecular formula is C13H13ClN2. The van der Waals surface area contributed by atoms with E-state index >= 15 is 0 Å². The summed E-state index contributed by atoms with van der Waals surface area (Å²) in [5.41, 5.74) is 3.32. The van der Waals surface area contributed by atoms with Crippen molar-refractivity contribution in [3.8, 4) is 0 Å². The Labute approximate surface area is 100 Å². The Morgan fingerprint density at radius 3 is 2.50 bits per heavy atom. The standard InChI is InChI=1S/C13H13ClN2/c1-10-12(13(14)16-9-15-10)8-7-11-5-3-2-4-6-11/h2-6,9H,7-8H2,1H3. The van der Waals surface area contributed by atoms with Crippen LogP contribution in [-0.4, -0.2) is 9.97 Å². The summed E-state index contributed by atoms with van der Waals surface area (Å²) in [5.74, 6) is 0. The number of rotatable bonds is 3. The molecule has 0 bridgehead atoms. The fraction of sp³-hybridized carbons (Fsp3) is 0.231. The largest absolute Gasteiger partial charge is 0.241 e. The third-order valence-electron chi connectivity index (χ3n) is 2.61. The Hall–Kier alpha value is -1.41. The Morgan fingerprint density at radius 2 is 1.81 bits per heavy atom. The van der Waals surface area contributed by atoms with E-state index in [2.05, 4.69) is 22.1 Å². The minimum Gasteiger partial charge on any atom is -0.241 e. The van der Waals surface area contributed by atoms with Crippen LogP contribution in [0.4, 0.5) is 0 Å². The SMILES string of the molecule is Cc1ncnc(Cl)c1CCc1ccccc1. The Morgan fingerprint density at radius 1 is 1.06 bits per heavy atom. The number of nitrogens with zero attached hydrogens (tertiary/aromatic N) is 2. The summed E-state index contributed by atoms with van der Waals surface area (Å²) in [6.07, 6.45) is 3.36. The summed E-state index contributed by atoms with van der Waals surface area (Å²) >= 11 is 6.04. The number of aromatic nitrogens is 2. The number of hydrogen-bond donors (Lipinski definition) is 0. The third kappa shape index (κ3) is 2.58. The van der Waals surface area contributed by atoms with Crippen LogP contribution in [0.25, 0.3) is 0 Å². The molecule has 0 saturated heterocycles. The zero-order valence-electron chi connectivity index (χ0n) is 9.15. The first kappa shape index (κ1) is 11.1. The van der Waals surface area contributed by atoms with Crippen molar-refractivity contribution in [2.75, 3.05) is 0 Å². The summed E-state index contributed by atoms with van der Waals surface area (Å²) < 4.78 is 0. The van der Waals surface area contributed by atoms with Crippen LogP contribution in [0.2, 0.25) is 5.15 Å². The highest BCUT2D eigenvalue weighted by Gasteiger charge is 2.06. The Bertz CT molecular complexity index is 448. The molecule has 2 nitrogen and oxygen atoms in total. The van der Waals surface area contributed by atoms with Crippen LogP contribution in [0, 0.1) is 6.92 Å². The van der Waals surface area contributed by atoms with Gasteiger partial charge in [0.1, 0.15) is 11.5 Å². The molecule has 0 radical (unpaired) electrons. The van der Waals surface area contributed by atoms with Gasteiger partial charge in [-0.05, 0) is 25.3 Å². The van der Waals surface area contributed by atoms with Crippen LogP contribution in [0.1, 0.15) is 16.8 Å². The van der Waals surface area contributed by atoms with Gasteiger partial charge in [-0.2, -0.15) is 0 Å². The summed E-state index contributed by atoms with van der Waals surface area (Å²) in [5, 5.41) is 0.573. The Kier molecular flexibility index (Phi) is 3.52. The van der Waals surface area contributed by atoms with E-state index in [4.69, 9.17) is 11.6 Å². The van der Waals surface area contributed by atoms with Crippen LogP contribution < -0.4 is 0 Å². The van der Waals surface area contributed by atoms with Crippen molar-refractivity contribution in [3.05, 3.63) is 58.6 Å². The van der Waals surface area contributed by atoms with Crippen LogP contribution in [0.15, 0.2) is 36.7 Å². The minimum absolute atomic E-state index is 0.573. The number of aryl methyl sites for hydroxylation is 2. The van der Waals surface area contributed by atoms with Crippen molar-refractivity contribution >= 4 is 11.6 Å². The van der Waals surface area contributed by atoms with Gasteiger partial charge in [-0.3, -0.25) is 0 Å². The highest BCUT2D eigenvalue weighted by Crippen LogP contribution is 2.17. The predicted octanol–water partition coefficient (Wildman–Crippen LogP) is 3.22. The highest BCUT2D eigenvalue weighted by atomic mass is 35.5. The van der Waals surface area contributed by atoms with E-state index in [1.807, 2.05) is 25.1 Å². The molecule has 1 heterocycles. The predicted molar refractivity (Wildman–Crippen MR) is 65.6 cm³/mol. The number of halogens is 1. The van der Waals surface area contributed by atoms with Crippen molar-refractivity contribution in [2.24, 2.45) is 0 Å². The maximum absolute atomic E-state index is 6.04. The van der Waals surface area contributed by atoms with Crippen molar-refractivity contribution in [2.45, 2.75) is 19.8 Å². The fourth-order valence-electron chi connectivity index (χ4n) is 1.67. The summed E-state index contributed by atoms with van der Waals surface area (Å²) in [7, 11) is 0. The molecule has 0 aliphatic carbocycles. The van der Waals surface area contributed by atoms with Gasteiger partial charge in [-0.1, -0.05) is 41.9 Å². The first-order valence-electron chi connectivity index (χ1n) is 5.27. The maximum Gasteiger partial charge on any atom is 0.135 e. The van der Waals surface area contributed by atoms with Gasteiger partial charge in [-0.25, -0.2) is 9.97 Å². The first-order valence-corrected chi connectivity index (χ1v) is 5.65. The monoisotopic (exact) mass is 232 g/mol. The molecule has 0 saturated carbocycles. The van der Waals surface area contributed by atoms with Gasteiger partial charge >= 0.3 is 0 Å². The smallest absolute Gasteiger partial charge is 0.135 e. The molecule has 0 aliphatic rings. The summed E-state index contributed by atoms with van der Waals surface area (Å²) in [6.45, 7) is 1.97. The second kappa shape index (κ2) is 5.08. The van der Waals surface area contributed by atoms with E-state index < -0.39 is 0 Å². The molecule has 1 aromatic heterocycles. The van der Waals surface area contributed by atoms with Crippen molar-refractivity contribution in [3.63, 3.8) is 0 Å². The summed E-state index contributed by atoms with van der Waals surface area (Å²) in [6, 6.07) is 10.4. The second-order valence-electron chi connectivity index (χ2n) is 3.71. The van der Waals surface area contributed by atoms with Crippen LogP contribution in [-0.2, 0) is 12.8 Å². The fourth-order valence-corrected chi connectivity index (χ4v) is 1.94. The van der Waals surface area contributed by atoms with Gasteiger partial charge < -0.3 is 0 Å². The number of hydrogen-bond acceptors (Lipinski definition) is 2. The van der Waals surface area contributed by atoms with Crippen LogP contribution in [0.5, 0.6) is 0 Å². The normalized spacial score (nSPS) is 10.4. The molecule has 0 amide bonds. The molecule has 16 heavy (non-hydrogen) atoms. The lowest BCUT2D eigenvalue weighted by atomic mass is 10.1. The summed E-state index contributed by atoms with van der Waals surface area (Å²) in [4.78, 5) is 8.16. The lowest BCUT2D eigenvalue weighted by Crippen LogP contribution is -1.99. The van der Waals surface area contributed by atoms with Gasteiger partial charge in [0.05, 0.1) is 0 Å². The van der Waals surface area contributed by atoms with E-state index in [-0.39, 0.29) is 0 Å². The van der Waals surface area contributed by atoms with Gasteiger partial charge in [0.2, 0.25) is 0 Å². The average Bonchev–Trinajstić information content (AvgIpc) is 2.30. The molecule has 0 N–H and O–H groups in total. The van der Waals surface area contributed by atoms with Crippen LogP contribution >= 0.6 is 11.6 Å². The van der Waals surface area contributed by atoms with Crippen molar-refractivity contribution in [1.29, 1.82) is 0 Å². The molecule has 2 aromatic rings. The van der Waals surface area contributed by atoms with Gasteiger partial charge in [0.15, 0.2) is 0 Å². The zero-order valence-corrected chi connectivity index (χ0v) is 9.91. The lowest BCUT2D eigenvalue weighted by molar-refractivity contribution is 0.910. The molecule has 2 rings (SSSR count). The molecule has 1 aromatic carbocycles. The van der Waals surface area contributed by atoms with Gasteiger partial charge in [-0.15, -0.1) is 0 Å². The molecule has 0 unspecified atom stereocenters. The molecule has 3 heteroatoms. The second-order valence-corrected chi connectivity index (χ2v) is 4.07. The quantitative estimate of drug-likeness (QED) is 0.760. The zero-order chi connectivity index (χ0) is 11.4. The third-order valence-corrected chi connectivity index (χ3v) is 2.94. The molecule has 0 spiro atoms. The van der Waals surface area contributed by atoms with Crippen LogP contribution in [0.3, 0.4) is 0 Å². The molecule has 82 valence electrons. The molecule has 0 atom stereocenters. The van der Waals surface area contributed by atoms with Crippen molar-refractivity contribution in [1.82, 2.24) is 9.97 Å². The van der Waals surface area contributed by atoms with E-state index in [0.29, 0.717) is 5.15 Å². The Balaban J connectivity index is 2.11. The first-order chi connectivity index (χ1) is 7.77. The lowest BCUT2D eigenvalue weighted by Gasteiger charge is -2.06. The van der Waals surface area contributed by atoms with Crippen molar-refractivity contribution < 1.29 is 0 Å². The average molecular weight is 233 g/mol. The van der Waals surface area contributed by atoms with Gasteiger partial charge in [0.25, 0.3) is 0 Å².